The van der Waals surface area contributed by atoms with Crippen molar-refractivity contribution in [2.45, 2.75) is 33.7 Å². The van der Waals surface area contributed by atoms with Crippen molar-refractivity contribution in [3.63, 3.8) is 0 Å². The van der Waals surface area contributed by atoms with Crippen LogP contribution < -0.4 is 20.2 Å². The van der Waals surface area contributed by atoms with E-state index in [1.807, 2.05) is 51.1 Å². The lowest BCUT2D eigenvalue weighted by atomic mass is 9.94. The maximum atomic E-state index is 14.0. The lowest BCUT2D eigenvalue weighted by Gasteiger charge is -2.29. The summed E-state index contributed by atoms with van der Waals surface area (Å²) in [6, 6.07) is 12.1. The van der Waals surface area contributed by atoms with Gasteiger partial charge in [0.2, 0.25) is 0 Å². The molecule has 9 heteroatoms. The molecule has 2 aliphatic rings. The Balaban J connectivity index is 1.82. The van der Waals surface area contributed by atoms with Crippen LogP contribution in [-0.4, -0.2) is 34.4 Å². The minimum absolute atomic E-state index is 0.168. The van der Waals surface area contributed by atoms with Gasteiger partial charge in [-0.25, -0.2) is 4.99 Å². The molecule has 1 N–H and O–H groups in total. The third kappa shape index (κ3) is 3.81. The van der Waals surface area contributed by atoms with Crippen LogP contribution in [0.15, 0.2) is 63.5 Å². The van der Waals surface area contributed by atoms with Gasteiger partial charge in [0, 0.05) is 29.4 Å². The van der Waals surface area contributed by atoms with Gasteiger partial charge in [-0.2, -0.15) is 0 Å². The molecule has 36 heavy (non-hydrogen) atoms. The van der Waals surface area contributed by atoms with Gasteiger partial charge in [-0.3, -0.25) is 19.0 Å². The van der Waals surface area contributed by atoms with Crippen LogP contribution in [0.1, 0.15) is 43.5 Å². The number of carbonyl (C=O) groups excluding carboxylic acids is 2. The monoisotopic (exact) mass is 520 g/mol. The van der Waals surface area contributed by atoms with E-state index in [1.54, 1.807) is 28.5 Å². The molecule has 184 valence electrons. The van der Waals surface area contributed by atoms with E-state index in [1.165, 1.54) is 11.3 Å². The fourth-order valence-corrected chi connectivity index (χ4v) is 6.06. The van der Waals surface area contributed by atoms with E-state index >= 15 is 0 Å². The summed E-state index contributed by atoms with van der Waals surface area (Å²) in [5.41, 5.74) is 4.08. The standard InChI is InChI=1S/C27H25ClN4O3S/c1-5-31(6-2)25(34)20-15(4)29-27-32(22(20)16-8-10-17(28)11-9-16)26(35)23(36-27)21-18-13-14(3)7-12-19(18)30-24(21)33/h7-13,22H,5-6H2,1-4H3,(H,30,33)/b23-21+/t22-/m0/s1. The Kier molecular flexibility index (Phi) is 6.18. The minimum atomic E-state index is -0.692. The smallest absolute Gasteiger partial charge is 0.271 e. The first-order chi connectivity index (χ1) is 17.2. The normalized spacial score (nSPS) is 17.9. The average molecular weight is 521 g/mol. The second-order valence-electron chi connectivity index (χ2n) is 8.81. The number of benzene rings is 2. The van der Waals surface area contributed by atoms with E-state index in [2.05, 4.69) is 10.3 Å². The number of halogens is 1. The summed E-state index contributed by atoms with van der Waals surface area (Å²) in [7, 11) is 0. The zero-order valence-electron chi connectivity index (χ0n) is 20.4. The Morgan fingerprint density at radius 3 is 2.47 bits per heavy atom. The Morgan fingerprint density at radius 1 is 1.11 bits per heavy atom. The van der Waals surface area contributed by atoms with Crippen LogP contribution in [-0.2, 0) is 9.59 Å². The Morgan fingerprint density at radius 2 is 1.81 bits per heavy atom. The summed E-state index contributed by atoms with van der Waals surface area (Å²) < 4.78 is 1.85. The highest BCUT2D eigenvalue weighted by molar-refractivity contribution is 7.07. The second-order valence-corrected chi connectivity index (χ2v) is 10.2. The molecule has 0 saturated carbocycles. The van der Waals surface area contributed by atoms with Crippen molar-refractivity contribution in [1.82, 2.24) is 9.47 Å². The highest BCUT2D eigenvalue weighted by atomic mass is 35.5. The third-order valence-corrected chi connectivity index (χ3v) is 7.92. The number of amides is 2. The largest absolute Gasteiger partial charge is 0.339 e. The molecule has 0 bridgehead atoms. The molecule has 0 spiro atoms. The van der Waals surface area contributed by atoms with Crippen LogP contribution in [0.3, 0.4) is 0 Å². The summed E-state index contributed by atoms with van der Waals surface area (Å²) in [6.45, 7) is 8.64. The molecule has 0 saturated heterocycles. The number of hydrogen-bond acceptors (Lipinski definition) is 5. The quantitative estimate of drug-likeness (QED) is 0.572. The second kappa shape index (κ2) is 9.19. The van der Waals surface area contributed by atoms with E-state index in [0.29, 0.717) is 55.5 Å². The highest BCUT2D eigenvalue weighted by Gasteiger charge is 2.35. The van der Waals surface area contributed by atoms with Crippen LogP contribution >= 0.6 is 22.9 Å². The summed E-state index contributed by atoms with van der Waals surface area (Å²) in [5, 5.41) is 3.42. The van der Waals surface area contributed by atoms with Gasteiger partial charge in [0.1, 0.15) is 4.53 Å². The van der Waals surface area contributed by atoms with Crippen molar-refractivity contribution in [3.05, 3.63) is 95.1 Å². The van der Waals surface area contributed by atoms with E-state index in [-0.39, 0.29) is 17.4 Å². The molecular formula is C27H25ClN4O3S. The molecule has 3 aromatic rings. The molecule has 0 fully saturated rings. The summed E-state index contributed by atoms with van der Waals surface area (Å²) in [5.74, 6) is -0.488. The number of aromatic nitrogens is 1. The van der Waals surface area contributed by atoms with E-state index in [4.69, 9.17) is 11.6 Å². The van der Waals surface area contributed by atoms with E-state index in [9.17, 15) is 14.4 Å². The van der Waals surface area contributed by atoms with Crippen molar-refractivity contribution in [2.75, 3.05) is 18.4 Å². The van der Waals surface area contributed by atoms with Gasteiger partial charge in [0.15, 0.2) is 4.80 Å². The van der Waals surface area contributed by atoms with Crippen molar-refractivity contribution in [3.8, 4) is 0 Å². The van der Waals surface area contributed by atoms with Crippen molar-refractivity contribution < 1.29 is 9.59 Å². The fraction of sp³-hybridized carbons (Fsp3) is 0.259. The SMILES string of the molecule is CCN(CC)C(=O)C1=C(C)N=c2s/c(=C3/C(=O)Nc4ccc(C)cc43)c(=O)n2[C@H]1c1ccc(Cl)cc1. The number of aryl methyl sites for hydroxylation is 1. The van der Waals surface area contributed by atoms with Crippen LogP contribution in [0.25, 0.3) is 5.57 Å². The lowest BCUT2D eigenvalue weighted by molar-refractivity contribution is -0.127. The predicted molar refractivity (Wildman–Crippen MR) is 142 cm³/mol. The average Bonchev–Trinajstić information content (AvgIpc) is 3.34. The fourth-order valence-electron chi connectivity index (χ4n) is 4.79. The number of nitrogens with zero attached hydrogens (tertiary/aromatic N) is 3. The van der Waals surface area contributed by atoms with Crippen LogP contribution in [0.5, 0.6) is 0 Å². The van der Waals surface area contributed by atoms with E-state index < -0.39 is 6.04 Å². The Hall–Kier alpha value is -3.49. The molecule has 5 rings (SSSR count). The van der Waals surface area contributed by atoms with Gasteiger partial charge in [-0.1, -0.05) is 46.7 Å². The third-order valence-electron chi connectivity index (χ3n) is 6.61. The number of anilines is 1. The first kappa shape index (κ1) is 24.2. The maximum absolute atomic E-state index is 14.0. The van der Waals surface area contributed by atoms with Crippen LogP contribution in [0.4, 0.5) is 5.69 Å². The highest BCUT2D eigenvalue weighted by Crippen LogP contribution is 2.33. The topological polar surface area (TPSA) is 83.8 Å². The summed E-state index contributed by atoms with van der Waals surface area (Å²) in [4.78, 5) is 47.5. The number of rotatable bonds is 4. The molecule has 2 aliphatic heterocycles. The first-order valence-electron chi connectivity index (χ1n) is 11.8. The number of likely N-dealkylation sites (N-methyl/N-ethyl adjacent to an activating group) is 1. The molecule has 7 nitrogen and oxygen atoms in total. The molecular weight excluding hydrogens is 496 g/mol. The minimum Gasteiger partial charge on any atom is -0.339 e. The van der Waals surface area contributed by atoms with Gasteiger partial charge in [0.25, 0.3) is 17.4 Å². The van der Waals surface area contributed by atoms with Crippen molar-refractivity contribution in [2.24, 2.45) is 4.99 Å². The maximum Gasteiger partial charge on any atom is 0.271 e. The number of carbonyl (C=O) groups is 2. The van der Waals surface area contributed by atoms with Gasteiger partial charge < -0.3 is 10.2 Å². The number of allylic oxidation sites excluding steroid dienone is 1. The van der Waals surface area contributed by atoms with Gasteiger partial charge in [-0.15, -0.1) is 0 Å². The lowest BCUT2D eigenvalue weighted by Crippen LogP contribution is -2.43. The number of hydrogen-bond donors (Lipinski definition) is 1. The molecule has 0 radical (unpaired) electrons. The van der Waals surface area contributed by atoms with Gasteiger partial charge in [-0.05, 0) is 57.5 Å². The van der Waals surface area contributed by atoms with Crippen molar-refractivity contribution in [1.29, 1.82) is 0 Å². The Labute approximate surface area is 217 Å². The number of thiazole rings is 1. The first-order valence-corrected chi connectivity index (χ1v) is 13.0. The number of nitrogens with one attached hydrogen (secondary N) is 1. The molecule has 3 heterocycles. The predicted octanol–water partition coefficient (Wildman–Crippen LogP) is 3.39. The zero-order valence-corrected chi connectivity index (χ0v) is 22.0. The van der Waals surface area contributed by atoms with Gasteiger partial charge >= 0.3 is 0 Å². The van der Waals surface area contributed by atoms with Crippen molar-refractivity contribution >= 4 is 46.0 Å². The Bertz CT molecular complexity index is 1630. The van der Waals surface area contributed by atoms with Gasteiger partial charge in [0.05, 0.1) is 22.9 Å². The molecule has 2 aromatic carbocycles. The number of fused-ring (bicyclic) bond motifs is 2. The zero-order chi connectivity index (χ0) is 25.7. The van der Waals surface area contributed by atoms with Crippen LogP contribution in [0, 0.1) is 6.92 Å². The molecule has 1 aromatic heterocycles. The molecule has 0 unspecified atom stereocenters. The molecule has 2 amide bonds. The summed E-state index contributed by atoms with van der Waals surface area (Å²) >= 11 is 7.32. The molecule has 0 aliphatic carbocycles. The van der Waals surface area contributed by atoms with E-state index in [0.717, 1.165) is 11.1 Å². The summed E-state index contributed by atoms with van der Waals surface area (Å²) in [6.07, 6.45) is 0. The van der Waals surface area contributed by atoms with Crippen LogP contribution in [0.2, 0.25) is 5.02 Å². The molecule has 1 atom stereocenters.